The lowest BCUT2D eigenvalue weighted by atomic mass is 9.86. The number of urea groups is 1. The average Bonchev–Trinajstić information content (AvgIpc) is 2.93. The lowest BCUT2D eigenvalue weighted by Crippen LogP contribution is -2.44. The molecule has 3 atom stereocenters. The van der Waals surface area contributed by atoms with Crippen molar-refractivity contribution in [3.05, 3.63) is 11.7 Å². The summed E-state index contributed by atoms with van der Waals surface area (Å²) in [7, 11) is 1.75. The third kappa shape index (κ3) is 4.19. The Morgan fingerprint density at radius 2 is 2.23 bits per heavy atom. The predicted octanol–water partition coefficient (Wildman–Crippen LogP) is 2.02. The molecule has 2 N–H and O–H groups in total. The molecule has 0 radical (unpaired) electrons. The number of aromatic nitrogens is 2. The molecular weight excluding hydrogens is 284 g/mol. The number of nitrogens with zero attached hydrogens (tertiary/aromatic N) is 3. The van der Waals surface area contributed by atoms with Crippen LogP contribution in [0.2, 0.25) is 0 Å². The number of hydrogen-bond donors (Lipinski definition) is 2. The van der Waals surface area contributed by atoms with Gasteiger partial charge in [0.15, 0.2) is 5.82 Å². The van der Waals surface area contributed by atoms with Crippen molar-refractivity contribution < 1.29 is 14.4 Å². The van der Waals surface area contributed by atoms with E-state index in [1.807, 2.05) is 6.92 Å². The van der Waals surface area contributed by atoms with Gasteiger partial charge < -0.3 is 19.8 Å². The largest absolute Gasteiger partial charge is 0.393 e. The number of rotatable bonds is 5. The molecule has 1 heterocycles. The third-order valence-electron chi connectivity index (χ3n) is 4.28. The molecule has 1 aliphatic carbocycles. The van der Waals surface area contributed by atoms with Gasteiger partial charge in [-0.25, -0.2) is 4.79 Å². The van der Waals surface area contributed by atoms with Crippen molar-refractivity contribution in [1.29, 1.82) is 0 Å². The quantitative estimate of drug-likeness (QED) is 0.868. The molecule has 0 aromatic carbocycles. The molecule has 1 aromatic rings. The van der Waals surface area contributed by atoms with Gasteiger partial charge in [0, 0.05) is 26.4 Å². The van der Waals surface area contributed by atoms with E-state index in [-0.39, 0.29) is 24.1 Å². The Labute approximate surface area is 131 Å². The highest BCUT2D eigenvalue weighted by Crippen LogP contribution is 2.25. The first-order chi connectivity index (χ1) is 10.5. The molecule has 1 saturated carbocycles. The van der Waals surface area contributed by atoms with Gasteiger partial charge in [0.25, 0.3) is 0 Å². The highest BCUT2D eigenvalue weighted by Gasteiger charge is 2.27. The molecule has 7 nitrogen and oxygen atoms in total. The molecule has 124 valence electrons. The van der Waals surface area contributed by atoms with E-state index in [4.69, 9.17) is 4.52 Å². The van der Waals surface area contributed by atoms with E-state index in [9.17, 15) is 9.90 Å². The molecule has 3 unspecified atom stereocenters. The van der Waals surface area contributed by atoms with Gasteiger partial charge in [-0.3, -0.25) is 0 Å². The van der Waals surface area contributed by atoms with Crippen molar-refractivity contribution in [1.82, 2.24) is 20.4 Å². The molecule has 2 amide bonds. The molecule has 0 bridgehead atoms. The Kier molecular flexibility index (Phi) is 5.76. The van der Waals surface area contributed by atoms with Crippen LogP contribution in [-0.4, -0.2) is 45.9 Å². The van der Waals surface area contributed by atoms with E-state index in [0.29, 0.717) is 24.7 Å². The van der Waals surface area contributed by atoms with Crippen LogP contribution in [0.25, 0.3) is 0 Å². The second-order valence-corrected chi connectivity index (χ2v) is 6.07. The van der Waals surface area contributed by atoms with Crippen molar-refractivity contribution in [3.8, 4) is 0 Å². The zero-order chi connectivity index (χ0) is 16.1. The average molecular weight is 310 g/mol. The summed E-state index contributed by atoms with van der Waals surface area (Å²) >= 11 is 0. The maximum atomic E-state index is 12.3. The topological polar surface area (TPSA) is 91.5 Å². The van der Waals surface area contributed by atoms with Crippen LogP contribution in [-0.2, 0) is 0 Å². The standard InChI is InChI=1S/C15H26N4O3/c1-4-12(14-16-10(2)22-18-14)17-15(21)19(3)9-11-7-5-6-8-13(11)20/h11-13,20H,4-9H2,1-3H3,(H,17,21). The minimum Gasteiger partial charge on any atom is -0.393 e. The fourth-order valence-electron chi connectivity index (χ4n) is 2.90. The van der Waals surface area contributed by atoms with Crippen LogP contribution in [0, 0.1) is 12.8 Å². The number of carbonyl (C=O) groups excluding carboxylic acids is 1. The summed E-state index contributed by atoms with van der Waals surface area (Å²) in [6, 6.07) is -0.434. The fourth-order valence-corrected chi connectivity index (χ4v) is 2.90. The smallest absolute Gasteiger partial charge is 0.317 e. The molecule has 2 rings (SSSR count). The van der Waals surface area contributed by atoms with Gasteiger partial charge in [-0.15, -0.1) is 0 Å². The van der Waals surface area contributed by atoms with Crippen LogP contribution in [0.1, 0.15) is 56.8 Å². The SMILES string of the molecule is CCC(NC(=O)N(C)CC1CCCCC1O)c1noc(C)n1. The van der Waals surface area contributed by atoms with Crippen LogP contribution in [0.3, 0.4) is 0 Å². The van der Waals surface area contributed by atoms with Gasteiger partial charge in [0.1, 0.15) is 0 Å². The Bertz CT molecular complexity index is 491. The van der Waals surface area contributed by atoms with Gasteiger partial charge in [-0.05, 0) is 19.3 Å². The number of aliphatic hydroxyl groups is 1. The van der Waals surface area contributed by atoms with Crippen molar-refractivity contribution in [2.24, 2.45) is 5.92 Å². The first kappa shape index (κ1) is 16.7. The highest BCUT2D eigenvalue weighted by molar-refractivity contribution is 5.74. The van der Waals surface area contributed by atoms with Gasteiger partial charge in [0.05, 0.1) is 12.1 Å². The normalized spacial score (nSPS) is 23.1. The van der Waals surface area contributed by atoms with Crippen LogP contribution >= 0.6 is 0 Å². The van der Waals surface area contributed by atoms with Gasteiger partial charge in [-0.2, -0.15) is 4.98 Å². The van der Waals surface area contributed by atoms with E-state index in [2.05, 4.69) is 15.5 Å². The number of aliphatic hydroxyl groups excluding tert-OH is 1. The summed E-state index contributed by atoms with van der Waals surface area (Å²) in [6.45, 7) is 4.25. The molecule has 1 aliphatic rings. The molecule has 0 aliphatic heterocycles. The molecular formula is C15H26N4O3. The Morgan fingerprint density at radius 3 is 2.82 bits per heavy atom. The number of hydrogen-bond acceptors (Lipinski definition) is 5. The zero-order valence-corrected chi connectivity index (χ0v) is 13.6. The third-order valence-corrected chi connectivity index (χ3v) is 4.28. The molecule has 22 heavy (non-hydrogen) atoms. The number of amides is 2. The predicted molar refractivity (Wildman–Crippen MR) is 81.2 cm³/mol. The summed E-state index contributed by atoms with van der Waals surface area (Å²) in [6.07, 6.45) is 4.38. The van der Waals surface area contributed by atoms with E-state index in [1.165, 1.54) is 0 Å². The van der Waals surface area contributed by atoms with Crippen LogP contribution in [0.15, 0.2) is 4.52 Å². The Balaban J connectivity index is 1.89. The second-order valence-electron chi connectivity index (χ2n) is 6.07. The van der Waals surface area contributed by atoms with E-state index >= 15 is 0 Å². The van der Waals surface area contributed by atoms with Crippen molar-refractivity contribution in [2.45, 2.75) is 58.1 Å². The van der Waals surface area contributed by atoms with E-state index in [0.717, 1.165) is 25.7 Å². The maximum absolute atomic E-state index is 12.3. The van der Waals surface area contributed by atoms with Gasteiger partial charge in [0.2, 0.25) is 5.89 Å². The molecule has 1 fully saturated rings. The van der Waals surface area contributed by atoms with Crippen LogP contribution in [0.4, 0.5) is 4.79 Å². The lowest BCUT2D eigenvalue weighted by Gasteiger charge is -2.31. The molecule has 7 heteroatoms. The lowest BCUT2D eigenvalue weighted by molar-refractivity contribution is 0.0562. The number of carbonyl (C=O) groups is 1. The Hall–Kier alpha value is -1.63. The summed E-state index contributed by atoms with van der Waals surface area (Å²) < 4.78 is 4.97. The second kappa shape index (κ2) is 7.58. The van der Waals surface area contributed by atoms with Crippen LogP contribution in [0.5, 0.6) is 0 Å². The summed E-state index contributed by atoms with van der Waals surface area (Å²) in [5, 5.41) is 16.8. The van der Waals surface area contributed by atoms with Crippen molar-refractivity contribution in [2.75, 3.05) is 13.6 Å². The number of nitrogens with one attached hydrogen (secondary N) is 1. The molecule has 1 aromatic heterocycles. The summed E-state index contributed by atoms with van der Waals surface area (Å²) in [5.74, 6) is 1.15. The van der Waals surface area contributed by atoms with Gasteiger partial charge >= 0.3 is 6.03 Å². The molecule has 0 saturated heterocycles. The first-order valence-electron chi connectivity index (χ1n) is 8.01. The van der Waals surface area contributed by atoms with Gasteiger partial charge in [-0.1, -0.05) is 24.9 Å². The summed E-state index contributed by atoms with van der Waals surface area (Å²) in [4.78, 5) is 18.1. The zero-order valence-electron chi connectivity index (χ0n) is 13.6. The van der Waals surface area contributed by atoms with Crippen molar-refractivity contribution in [3.63, 3.8) is 0 Å². The van der Waals surface area contributed by atoms with E-state index < -0.39 is 0 Å². The fraction of sp³-hybridized carbons (Fsp3) is 0.800. The highest BCUT2D eigenvalue weighted by atomic mass is 16.5. The summed E-state index contributed by atoms with van der Waals surface area (Å²) in [5.41, 5.74) is 0. The first-order valence-corrected chi connectivity index (χ1v) is 8.01. The Morgan fingerprint density at radius 1 is 1.50 bits per heavy atom. The monoisotopic (exact) mass is 310 g/mol. The minimum atomic E-state index is -0.300. The van der Waals surface area contributed by atoms with Crippen LogP contribution < -0.4 is 5.32 Å². The van der Waals surface area contributed by atoms with Crippen molar-refractivity contribution >= 4 is 6.03 Å². The number of aryl methyl sites for hydroxylation is 1. The maximum Gasteiger partial charge on any atom is 0.317 e. The minimum absolute atomic E-state index is 0.164. The van der Waals surface area contributed by atoms with E-state index in [1.54, 1.807) is 18.9 Å². The molecule has 0 spiro atoms.